The second kappa shape index (κ2) is 4.47. The summed E-state index contributed by atoms with van der Waals surface area (Å²) in [6.45, 7) is 8.20. The second-order valence-corrected chi connectivity index (χ2v) is 4.45. The van der Waals surface area contributed by atoms with Crippen LogP contribution in [-0.4, -0.2) is 18.6 Å². The molecule has 1 rings (SSSR count). The molecule has 1 aromatic carbocycles. The Morgan fingerprint density at radius 2 is 1.71 bits per heavy atom. The molecule has 2 heteroatoms. The van der Waals surface area contributed by atoms with Gasteiger partial charge in [-0.05, 0) is 32.9 Å². The number of nitrogens with two attached hydrogens (primary N) is 1. The normalized spacial score (nSPS) is 11.4. The van der Waals surface area contributed by atoms with Crippen molar-refractivity contribution in [3.63, 3.8) is 0 Å². The lowest BCUT2D eigenvalue weighted by Gasteiger charge is -2.37. The van der Waals surface area contributed by atoms with E-state index in [9.17, 15) is 0 Å². The lowest BCUT2D eigenvalue weighted by Crippen LogP contribution is -2.44. The second-order valence-electron chi connectivity index (χ2n) is 4.45. The van der Waals surface area contributed by atoms with Gasteiger partial charge in [-0.25, -0.2) is 0 Å². The van der Waals surface area contributed by atoms with Crippen LogP contribution in [0.25, 0.3) is 0 Å². The largest absolute Gasteiger partial charge is 0.365 e. The van der Waals surface area contributed by atoms with E-state index in [0.29, 0.717) is 6.54 Å². The summed E-state index contributed by atoms with van der Waals surface area (Å²) in [6.07, 6.45) is 0. The third kappa shape index (κ3) is 2.74. The van der Waals surface area contributed by atoms with Crippen LogP contribution in [0.1, 0.15) is 20.8 Å². The minimum absolute atomic E-state index is 0.126. The molecule has 0 aliphatic carbocycles. The summed E-state index contributed by atoms with van der Waals surface area (Å²) < 4.78 is 0. The van der Waals surface area contributed by atoms with Gasteiger partial charge in [0.25, 0.3) is 0 Å². The molecular formula is C12H20N2. The summed E-state index contributed by atoms with van der Waals surface area (Å²) in [5.41, 5.74) is 6.99. The standard InChI is InChI=1S/C12H20N2/c1-12(2,3)14(10-9-13)11-7-5-4-6-8-11/h4-8H,9-10,13H2,1-3H3. The Balaban J connectivity index is 2.89. The van der Waals surface area contributed by atoms with Crippen molar-refractivity contribution < 1.29 is 0 Å². The minimum atomic E-state index is 0.126. The van der Waals surface area contributed by atoms with Gasteiger partial charge in [-0.15, -0.1) is 0 Å². The first-order valence-electron chi connectivity index (χ1n) is 5.08. The van der Waals surface area contributed by atoms with Crippen molar-refractivity contribution in [2.45, 2.75) is 26.3 Å². The predicted octanol–water partition coefficient (Wildman–Crippen LogP) is 2.25. The maximum atomic E-state index is 5.62. The number of nitrogens with zero attached hydrogens (tertiary/aromatic N) is 1. The first-order chi connectivity index (χ1) is 6.55. The van der Waals surface area contributed by atoms with Crippen LogP contribution in [0.2, 0.25) is 0 Å². The van der Waals surface area contributed by atoms with Gasteiger partial charge in [0.05, 0.1) is 0 Å². The minimum Gasteiger partial charge on any atom is -0.365 e. The van der Waals surface area contributed by atoms with Crippen LogP contribution >= 0.6 is 0 Å². The molecule has 0 fully saturated rings. The number of para-hydroxylation sites is 1. The molecule has 2 N–H and O–H groups in total. The number of hydrogen-bond donors (Lipinski definition) is 1. The third-order valence-electron chi connectivity index (χ3n) is 2.23. The molecule has 2 nitrogen and oxygen atoms in total. The smallest absolute Gasteiger partial charge is 0.0370 e. The molecule has 14 heavy (non-hydrogen) atoms. The van der Waals surface area contributed by atoms with Gasteiger partial charge in [0, 0.05) is 24.3 Å². The lowest BCUT2D eigenvalue weighted by molar-refractivity contribution is 0.506. The Kier molecular flexibility index (Phi) is 3.53. The fraction of sp³-hybridized carbons (Fsp3) is 0.500. The summed E-state index contributed by atoms with van der Waals surface area (Å²) in [4.78, 5) is 2.33. The first-order valence-corrected chi connectivity index (χ1v) is 5.08. The van der Waals surface area contributed by atoms with Gasteiger partial charge in [-0.2, -0.15) is 0 Å². The highest BCUT2D eigenvalue weighted by Crippen LogP contribution is 2.22. The molecule has 0 unspecified atom stereocenters. The number of rotatable bonds is 3. The highest BCUT2D eigenvalue weighted by atomic mass is 15.2. The molecule has 0 aromatic heterocycles. The number of benzene rings is 1. The van der Waals surface area contributed by atoms with E-state index in [1.165, 1.54) is 5.69 Å². The SMILES string of the molecule is CC(C)(C)N(CCN)c1ccccc1. The highest BCUT2D eigenvalue weighted by Gasteiger charge is 2.20. The fourth-order valence-electron chi connectivity index (χ4n) is 1.59. The van der Waals surface area contributed by atoms with Crippen LogP contribution in [0.15, 0.2) is 30.3 Å². The van der Waals surface area contributed by atoms with E-state index in [0.717, 1.165) is 6.54 Å². The molecule has 0 heterocycles. The molecule has 0 bridgehead atoms. The summed E-state index contributed by atoms with van der Waals surface area (Å²) in [5.74, 6) is 0. The number of anilines is 1. The van der Waals surface area contributed by atoms with Crippen molar-refractivity contribution in [2.24, 2.45) is 5.73 Å². The molecule has 1 aromatic rings. The quantitative estimate of drug-likeness (QED) is 0.796. The summed E-state index contributed by atoms with van der Waals surface area (Å²) in [6, 6.07) is 10.4. The van der Waals surface area contributed by atoms with Gasteiger partial charge in [0.1, 0.15) is 0 Å². The molecule has 0 saturated heterocycles. The van der Waals surface area contributed by atoms with Crippen LogP contribution in [0.4, 0.5) is 5.69 Å². The van der Waals surface area contributed by atoms with E-state index in [2.05, 4.69) is 49.9 Å². The van der Waals surface area contributed by atoms with Gasteiger partial charge >= 0.3 is 0 Å². The average molecular weight is 192 g/mol. The average Bonchev–Trinajstić information content (AvgIpc) is 2.14. The zero-order valence-electron chi connectivity index (χ0n) is 9.33. The molecule has 0 atom stereocenters. The molecule has 0 amide bonds. The molecule has 0 radical (unpaired) electrons. The van der Waals surface area contributed by atoms with Crippen LogP contribution in [0.3, 0.4) is 0 Å². The maximum absolute atomic E-state index is 5.62. The van der Waals surface area contributed by atoms with E-state index in [1.807, 2.05) is 6.07 Å². The molecule has 78 valence electrons. The summed E-state index contributed by atoms with van der Waals surface area (Å²) >= 11 is 0. The Morgan fingerprint density at radius 1 is 1.14 bits per heavy atom. The Bertz CT molecular complexity index is 261. The van der Waals surface area contributed by atoms with E-state index >= 15 is 0 Å². The zero-order valence-corrected chi connectivity index (χ0v) is 9.33. The van der Waals surface area contributed by atoms with E-state index < -0.39 is 0 Å². The monoisotopic (exact) mass is 192 g/mol. The van der Waals surface area contributed by atoms with Crippen molar-refractivity contribution in [2.75, 3.05) is 18.0 Å². The molecule has 0 aliphatic heterocycles. The molecule has 0 saturated carbocycles. The first kappa shape index (κ1) is 11.1. The van der Waals surface area contributed by atoms with Gasteiger partial charge in [-0.3, -0.25) is 0 Å². The Morgan fingerprint density at radius 3 is 2.14 bits per heavy atom. The van der Waals surface area contributed by atoms with Crippen LogP contribution in [0, 0.1) is 0 Å². The van der Waals surface area contributed by atoms with E-state index in [4.69, 9.17) is 5.73 Å². The predicted molar refractivity (Wildman–Crippen MR) is 62.6 cm³/mol. The molecule has 0 aliphatic rings. The summed E-state index contributed by atoms with van der Waals surface area (Å²) in [7, 11) is 0. The van der Waals surface area contributed by atoms with E-state index in [-0.39, 0.29) is 5.54 Å². The third-order valence-corrected chi connectivity index (χ3v) is 2.23. The molecular weight excluding hydrogens is 172 g/mol. The van der Waals surface area contributed by atoms with Crippen molar-refractivity contribution in [3.05, 3.63) is 30.3 Å². The highest BCUT2D eigenvalue weighted by molar-refractivity contribution is 5.48. The Labute approximate surface area is 86.7 Å². The van der Waals surface area contributed by atoms with Crippen molar-refractivity contribution in [1.82, 2.24) is 0 Å². The van der Waals surface area contributed by atoms with Crippen LogP contribution in [-0.2, 0) is 0 Å². The van der Waals surface area contributed by atoms with Crippen LogP contribution < -0.4 is 10.6 Å². The van der Waals surface area contributed by atoms with Crippen molar-refractivity contribution in [1.29, 1.82) is 0 Å². The van der Waals surface area contributed by atoms with Crippen LogP contribution in [0.5, 0.6) is 0 Å². The van der Waals surface area contributed by atoms with Gasteiger partial charge in [0.15, 0.2) is 0 Å². The van der Waals surface area contributed by atoms with Crippen molar-refractivity contribution in [3.8, 4) is 0 Å². The molecule has 0 spiro atoms. The van der Waals surface area contributed by atoms with Gasteiger partial charge < -0.3 is 10.6 Å². The zero-order chi connectivity index (χ0) is 10.6. The maximum Gasteiger partial charge on any atom is 0.0370 e. The Hall–Kier alpha value is -1.02. The fourth-order valence-corrected chi connectivity index (χ4v) is 1.59. The lowest BCUT2D eigenvalue weighted by atomic mass is 10.0. The number of hydrogen-bond acceptors (Lipinski definition) is 2. The van der Waals surface area contributed by atoms with Crippen molar-refractivity contribution >= 4 is 5.69 Å². The van der Waals surface area contributed by atoms with Gasteiger partial charge in [0.2, 0.25) is 0 Å². The van der Waals surface area contributed by atoms with Gasteiger partial charge in [-0.1, -0.05) is 18.2 Å². The van der Waals surface area contributed by atoms with E-state index in [1.54, 1.807) is 0 Å². The topological polar surface area (TPSA) is 29.3 Å². The summed E-state index contributed by atoms with van der Waals surface area (Å²) in [5, 5.41) is 0.